The Morgan fingerprint density at radius 1 is 1.40 bits per heavy atom. The first-order valence-corrected chi connectivity index (χ1v) is 0.704. The fraction of sp³-hybridized carbons (Fsp3) is 0.500. The van der Waals surface area contributed by atoms with Crippen LogP contribution >= 0.6 is 0 Å². The van der Waals surface area contributed by atoms with E-state index in [1.165, 1.54) is 13.2 Å². The molecule has 0 heterocycles. The molecule has 1 nitrogen and oxygen atoms in total. The van der Waals surface area contributed by atoms with Gasteiger partial charge in [0.05, 0.1) is 0 Å². The van der Waals surface area contributed by atoms with Crippen LogP contribution in [0.3, 0.4) is 0 Å². The minimum absolute atomic E-state index is 0. The summed E-state index contributed by atoms with van der Waals surface area (Å²) in [6.07, 6.45) is 1.50. The van der Waals surface area contributed by atoms with Crippen LogP contribution in [0.1, 0.15) is 6.92 Å². The van der Waals surface area contributed by atoms with E-state index in [-0.39, 0.29) is 52.4 Å². The Morgan fingerprint density at radius 3 is 1.40 bits per heavy atom. The minimum atomic E-state index is 0. The van der Waals surface area contributed by atoms with Crippen LogP contribution in [0.25, 0.3) is 0 Å². The Labute approximate surface area is 69.8 Å². The summed E-state index contributed by atoms with van der Waals surface area (Å²) in [7, 11) is 0. The van der Waals surface area contributed by atoms with Gasteiger partial charge in [0.1, 0.15) is 0 Å². The normalized spacial score (nSPS) is 2.60. The molecule has 0 aromatic heterocycles. The first-order valence-electron chi connectivity index (χ1n) is 0.704. The monoisotopic (exact) mass is 223 g/mol. The zero-order valence-electron chi connectivity index (χ0n) is 2.91. The Morgan fingerprint density at radius 2 is 1.40 bits per heavy atom. The summed E-state index contributed by atoms with van der Waals surface area (Å²) < 4.78 is 0. The first kappa shape index (κ1) is 16.1. The maximum atomic E-state index is 8.68. The second-order valence-electron chi connectivity index (χ2n) is 0.204. The van der Waals surface area contributed by atoms with Crippen molar-refractivity contribution in [3.63, 3.8) is 0 Å². The van der Waals surface area contributed by atoms with Crippen molar-refractivity contribution >= 4 is 6.29 Å². The van der Waals surface area contributed by atoms with E-state index in [9.17, 15) is 0 Å². The van der Waals surface area contributed by atoms with Crippen molar-refractivity contribution in [2.24, 2.45) is 0 Å². The molecule has 0 fully saturated rings. The van der Waals surface area contributed by atoms with E-state index in [4.69, 9.17) is 4.79 Å². The van der Waals surface area contributed by atoms with Crippen molar-refractivity contribution in [2.75, 3.05) is 0 Å². The second-order valence-corrected chi connectivity index (χ2v) is 0.204. The van der Waals surface area contributed by atoms with Crippen LogP contribution in [0.2, 0.25) is 0 Å². The van der Waals surface area contributed by atoms with Gasteiger partial charge < -0.3 is 4.79 Å². The molecule has 3 heteroatoms. The van der Waals surface area contributed by atoms with Crippen LogP contribution in [-0.2, 0) is 57.2 Å². The predicted molar refractivity (Wildman–Crippen MR) is 11.4 cm³/mol. The summed E-state index contributed by atoms with van der Waals surface area (Å²) >= 11 is 0. The molecule has 0 aromatic rings. The van der Waals surface area contributed by atoms with Crippen LogP contribution in [0, 0.1) is 0 Å². The van der Waals surface area contributed by atoms with Gasteiger partial charge in [-0.05, 0) is 0 Å². The Hall–Kier alpha value is 1.44. The Kier molecular flexibility index (Phi) is 58.1. The van der Waals surface area contributed by atoms with Crippen LogP contribution < -0.4 is 0 Å². The molecule has 0 spiro atoms. The summed E-state index contributed by atoms with van der Waals surface area (Å²) in [4.78, 5) is 8.68. The maximum absolute atomic E-state index is 8.68. The maximum Gasteiger partial charge on any atom is 0 e. The molecule has 0 radical (unpaired) electrons. The van der Waals surface area contributed by atoms with Gasteiger partial charge in [0.2, 0.25) is 0 Å². The van der Waals surface area contributed by atoms with Crippen molar-refractivity contribution in [1.29, 1.82) is 0 Å². The SMILES string of the molecule is C[C-]=O.[Zr].[Zr]. The minimum Gasteiger partial charge on any atom is -0.542 e. The van der Waals surface area contributed by atoms with Gasteiger partial charge in [-0.1, -0.05) is 0 Å². The van der Waals surface area contributed by atoms with Crippen molar-refractivity contribution < 1.29 is 57.2 Å². The van der Waals surface area contributed by atoms with E-state index in [0.717, 1.165) is 0 Å². The van der Waals surface area contributed by atoms with Gasteiger partial charge in [0.15, 0.2) is 0 Å². The standard InChI is InChI=1S/C2H3O.2Zr/c1-2-3;;/h1H3;;/q-1;;. The van der Waals surface area contributed by atoms with Crippen LogP contribution in [-0.4, -0.2) is 6.29 Å². The quantitative estimate of drug-likeness (QED) is 0.535. The van der Waals surface area contributed by atoms with E-state index in [1.807, 2.05) is 0 Å². The fourth-order valence-electron chi connectivity index (χ4n) is 0. The average Bonchev–Trinajstić information content (AvgIpc) is 0.918. The molecule has 0 aliphatic rings. The second kappa shape index (κ2) is 18.0. The molecule has 0 saturated carbocycles. The number of hydrogen-bond donors (Lipinski definition) is 0. The van der Waals surface area contributed by atoms with Crippen molar-refractivity contribution in [3.05, 3.63) is 0 Å². The third-order valence-electron chi connectivity index (χ3n) is 0. The third-order valence-corrected chi connectivity index (χ3v) is 0. The smallest absolute Gasteiger partial charge is 0 e. The van der Waals surface area contributed by atoms with Gasteiger partial charge in [-0.25, -0.2) is 0 Å². The summed E-state index contributed by atoms with van der Waals surface area (Å²) in [5.41, 5.74) is 0. The van der Waals surface area contributed by atoms with Crippen LogP contribution in [0.15, 0.2) is 0 Å². The Balaban J connectivity index is -0.0000000200. The fourth-order valence-corrected chi connectivity index (χ4v) is 0. The largest absolute Gasteiger partial charge is 0.542 e. The van der Waals surface area contributed by atoms with Crippen LogP contribution in [0.4, 0.5) is 0 Å². The zero-order valence-corrected chi connectivity index (χ0v) is 7.82. The number of hydrogen-bond acceptors (Lipinski definition) is 1. The van der Waals surface area contributed by atoms with Gasteiger partial charge in [0.25, 0.3) is 0 Å². The summed E-state index contributed by atoms with van der Waals surface area (Å²) in [6.45, 7) is 1.32. The molecular formula is C2H3OZr2-. The molecule has 0 atom stereocenters. The molecule has 0 bridgehead atoms. The molecule has 0 amide bonds. The molecule has 26 valence electrons. The third kappa shape index (κ3) is 31.1. The Bertz CT molecular complexity index is 15.1. The average molecular weight is 225 g/mol. The van der Waals surface area contributed by atoms with Crippen molar-refractivity contribution in [1.82, 2.24) is 0 Å². The molecule has 0 aromatic carbocycles. The van der Waals surface area contributed by atoms with Gasteiger partial charge in [0, 0.05) is 52.4 Å². The van der Waals surface area contributed by atoms with Crippen molar-refractivity contribution in [2.45, 2.75) is 6.92 Å². The molecule has 5 heavy (non-hydrogen) atoms. The number of rotatable bonds is 0. The molecule has 0 rings (SSSR count). The summed E-state index contributed by atoms with van der Waals surface area (Å²) in [5.74, 6) is 0. The molecule has 0 N–H and O–H groups in total. The van der Waals surface area contributed by atoms with Gasteiger partial charge in [-0.3, -0.25) is 6.29 Å². The van der Waals surface area contributed by atoms with Crippen LogP contribution in [0.5, 0.6) is 0 Å². The van der Waals surface area contributed by atoms with Gasteiger partial charge in [-0.2, -0.15) is 6.92 Å². The summed E-state index contributed by atoms with van der Waals surface area (Å²) in [5, 5.41) is 0. The molecular weight excluding hydrogens is 222 g/mol. The van der Waals surface area contributed by atoms with E-state index < -0.39 is 0 Å². The van der Waals surface area contributed by atoms with E-state index in [1.54, 1.807) is 0 Å². The molecule has 0 aliphatic carbocycles. The molecule has 0 aliphatic heterocycles. The predicted octanol–water partition coefficient (Wildman–Crippen LogP) is 0.111. The van der Waals surface area contributed by atoms with E-state index in [0.29, 0.717) is 0 Å². The molecule has 0 saturated heterocycles. The topological polar surface area (TPSA) is 17.1 Å². The van der Waals surface area contributed by atoms with Gasteiger partial charge >= 0.3 is 0 Å². The van der Waals surface area contributed by atoms with E-state index >= 15 is 0 Å². The van der Waals surface area contributed by atoms with Crippen molar-refractivity contribution in [3.8, 4) is 0 Å². The van der Waals surface area contributed by atoms with E-state index in [2.05, 4.69) is 0 Å². The summed E-state index contributed by atoms with van der Waals surface area (Å²) in [6, 6.07) is 0. The first-order chi connectivity index (χ1) is 1.41. The van der Waals surface area contributed by atoms with Gasteiger partial charge in [-0.15, -0.1) is 0 Å². The zero-order chi connectivity index (χ0) is 2.71. The molecule has 0 unspecified atom stereocenters. The number of carbonyl (C=O) groups excluding carboxylic acids is 1.